The number of nitrogens with two attached hydrogens (primary N) is 1. The first kappa shape index (κ1) is 14.1. The summed E-state index contributed by atoms with van der Waals surface area (Å²) in [6, 6.07) is 10.1. The summed E-state index contributed by atoms with van der Waals surface area (Å²) in [5, 5.41) is 0. The molecule has 0 amide bonds. The van der Waals surface area contributed by atoms with Gasteiger partial charge >= 0.3 is 0 Å². The van der Waals surface area contributed by atoms with Crippen molar-refractivity contribution in [1.29, 1.82) is 0 Å². The van der Waals surface area contributed by atoms with Gasteiger partial charge in [-0.05, 0) is 30.7 Å². The quantitative estimate of drug-likeness (QED) is 0.881. The average molecular weight is 277 g/mol. The molecule has 1 aromatic heterocycles. The largest absolute Gasteiger partial charge is 0.489 e. The summed E-state index contributed by atoms with van der Waals surface area (Å²) in [5.74, 6) is 0.870. The molecule has 0 fully saturated rings. The van der Waals surface area contributed by atoms with Crippen LogP contribution in [0.4, 0.5) is 0 Å². The zero-order valence-electron chi connectivity index (χ0n) is 11.3. The smallest absolute Gasteiger partial charge is 0.120 e. The second-order valence-corrected chi connectivity index (χ2v) is 5.71. The number of aryl methyl sites for hydroxylation is 1. The van der Waals surface area contributed by atoms with Gasteiger partial charge in [0.1, 0.15) is 12.4 Å². The maximum absolute atomic E-state index is 5.83. The molecule has 0 aliphatic carbocycles. The van der Waals surface area contributed by atoms with Gasteiger partial charge in [0, 0.05) is 29.0 Å². The molecule has 4 heteroatoms. The molecule has 0 saturated heterocycles. The molecule has 0 radical (unpaired) electrons. The Hall–Kier alpha value is -1.36. The monoisotopic (exact) mass is 277 g/mol. The van der Waals surface area contributed by atoms with E-state index in [0.717, 1.165) is 11.3 Å². The fourth-order valence-corrected chi connectivity index (χ4v) is 2.81. The zero-order valence-corrected chi connectivity index (χ0v) is 12.1. The lowest BCUT2D eigenvalue weighted by atomic mass is 10.2. The molecule has 19 heavy (non-hydrogen) atoms. The highest BCUT2D eigenvalue weighted by Crippen LogP contribution is 2.23. The SMILES string of the molecule is COCc1cccc(OCc2cc(CN)sc2C)c1. The van der Waals surface area contributed by atoms with Crippen molar-refractivity contribution in [3.63, 3.8) is 0 Å². The van der Waals surface area contributed by atoms with Crippen LogP contribution in [0.25, 0.3) is 0 Å². The topological polar surface area (TPSA) is 44.5 Å². The molecule has 0 aliphatic heterocycles. The lowest BCUT2D eigenvalue weighted by molar-refractivity contribution is 0.184. The molecule has 0 aliphatic rings. The first-order chi connectivity index (χ1) is 9.22. The van der Waals surface area contributed by atoms with E-state index in [9.17, 15) is 0 Å². The minimum Gasteiger partial charge on any atom is -0.489 e. The Labute approximate surface area is 118 Å². The van der Waals surface area contributed by atoms with E-state index in [0.29, 0.717) is 19.8 Å². The van der Waals surface area contributed by atoms with Gasteiger partial charge in [0.2, 0.25) is 0 Å². The normalized spacial score (nSPS) is 10.7. The Bertz CT molecular complexity index is 537. The molecule has 3 nitrogen and oxygen atoms in total. The molecule has 1 heterocycles. The molecular formula is C15H19NO2S. The van der Waals surface area contributed by atoms with Crippen molar-refractivity contribution in [1.82, 2.24) is 0 Å². The minimum atomic E-state index is 0.582. The van der Waals surface area contributed by atoms with Crippen molar-refractivity contribution in [2.45, 2.75) is 26.7 Å². The Morgan fingerprint density at radius 1 is 1.21 bits per heavy atom. The van der Waals surface area contributed by atoms with Gasteiger partial charge in [0.25, 0.3) is 0 Å². The number of rotatable bonds is 6. The number of hydrogen-bond donors (Lipinski definition) is 1. The highest BCUT2D eigenvalue weighted by atomic mass is 32.1. The van der Waals surface area contributed by atoms with Crippen LogP contribution >= 0.6 is 11.3 Å². The fourth-order valence-electron chi connectivity index (χ4n) is 1.88. The number of methoxy groups -OCH3 is 1. The molecule has 0 unspecified atom stereocenters. The zero-order chi connectivity index (χ0) is 13.7. The molecule has 2 rings (SSSR count). The first-order valence-electron chi connectivity index (χ1n) is 6.22. The van der Waals surface area contributed by atoms with Gasteiger partial charge in [0.15, 0.2) is 0 Å². The van der Waals surface area contributed by atoms with E-state index in [1.54, 1.807) is 18.4 Å². The van der Waals surface area contributed by atoms with Gasteiger partial charge < -0.3 is 15.2 Å². The molecule has 0 bridgehead atoms. The van der Waals surface area contributed by atoms with Crippen LogP contribution < -0.4 is 10.5 Å². The average Bonchev–Trinajstić information content (AvgIpc) is 2.78. The Balaban J connectivity index is 2.01. The van der Waals surface area contributed by atoms with Gasteiger partial charge in [-0.2, -0.15) is 0 Å². The lowest BCUT2D eigenvalue weighted by Gasteiger charge is -2.07. The van der Waals surface area contributed by atoms with Crippen LogP contribution in [0.1, 0.15) is 20.9 Å². The van der Waals surface area contributed by atoms with Crippen LogP contribution in [-0.4, -0.2) is 7.11 Å². The lowest BCUT2D eigenvalue weighted by Crippen LogP contribution is -1.97. The third-order valence-electron chi connectivity index (χ3n) is 2.88. The maximum atomic E-state index is 5.83. The second kappa shape index (κ2) is 6.70. The highest BCUT2D eigenvalue weighted by molar-refractivity contribution is 7.12. The molecule has 2 aromatic rings. The van der Waals surface area contributed by atoms with Crippen molar-refractivity contribution in [3.8, 4) is 5.75 Å². The van der Waals surface area contributed by atoms with E-state index in [1.165, 1.54) is 15.3 Å². The summed E-state index contributed by atoms with van der Waals surface area (Å²) in [4.78, 5) is 2.47. The van der Waals surface area contributed by atoms with Crippen LogP contribution in [-0.2, 0) is 24.5 Å². The van der Waals surface area contributed by atoms with Crippen LogP contribution in [0.5, 0.6) is 5.75 Å². The first-order valence-corrected chi connectivity index (χ1v) is 7.03. The molecule has 0 saturated carbocycles. The number of ether oxygens (including phenoxy) is 2. The van der Waals surface area contributed by atoms with Crippen LogP contribution in [0.15, 0.2) is 30.3 Å². The summed E-state index contributed by atoms with van der Waals surface area (Å²) in [6.45, 7) is 3.88. The van der Waals surface area contributed by atoms with Crippen molar-refractivity contribution >= 4 is 11.3 Å². The predicted octanol–water partition coefficient (Wildman–Crippen LogP) is 3.24. The van der Waals surface area contributed by atoms with Gasteiger partial charge in [-0.1, -0.05) is 12.1 Å². The predicted molar refractivity (Wildman–Crippen MR) is 78.4 cm³/mol. The molecule has 102 valence electrons. The van der Waals surface area contributed by atoms with Crippen molar-refractivity contribution in [3.05, 3.63) is 51.2 Å². The Morgan fingerprint density at radius 3 is 2.74 bits per heavy atom. The van der Waals surface area contributed by atoms with E-state index in [-0.39, 0.29) is 0 Å². The molecule has 1 aromatic carbocycles. The third-order valence-corrected chi connectivity index (χ3v) is 3.99. The summed E-state index contributed by atoms with van der Waals surface area (Å²) >= 11 is 1.74. The second-order valence-electron chi connectivity index (χ2n) is 4.37. The van der Waals surface area contributed by atoms with Crippen LogP contribution in [0, 0.1) is 6.92 Å². The van der Waals surface area contributed by atoms with E-state index < -0.39 is 0 Å². The number of benzene rings is 1. The van der Waals surface area contributed by atoms with Gasteiger partial charge in [-0.25, -0.2) is 0 Å². The van der Waals surface area contributed by atoms with Gasteiger partial charge in [-0.3, -0.25) is 0 Å². The van der Waals surface area contributed by atoms with Crippen molar-refractivity contribution in [2.24, 2.45) is 5.73 Å². The van der Waals surface area contributed by atoms with E-state index in [4.69, 9.17) is 15.2 Å². The van der Waals surface area contributed by atoms with Crippen LogP contribution in [0.2, 0.25) is 0 Å². The van der Waals surface area contributed by atoms with E-state index >= 15 is 0 Å². The fraction of sp³-hybridized carbons (Fsp3) is 0.333. The Morgan fingerprint density at radius 2 is 2.05 bits per heavy atom. The standard InChI is InChI=1S/C15H19NO2S/c1-11-13(7-15(8-16)19-11)10-18-14-5-3-4-12(6-14)9-17-2/h3-7H,8-10,16H2,1-2H3. The van der Waals surface area contributed by atoms with Crippen molar-refractivity contribution in [2.75, 3.05) is 7.11 Å². The highest BCUT2D eigenvalue weighted by Gasteiger charge is 2.05. The van der Waals surface area contributed by atoms with E-state index in [2.05, 4.69) is 13.0 Å². The number of thiophene rings is 1. The van der Waals surface area contributed by atoms with E-state index in [1.807, 2.05) is 24.3 Å². The van der Waals surface area contributed by atoms with Crippen LogP contribution in [0.3, 0.4) is 0 Å². The molecule has 2 N–H and O–H groups in total. The third kappa shape index (κ3) is 3.80. The molecule has 0 atom stereocenters. The molecule has 0 spiro atoms. The minimum absolute atomic E-state index is 0.582. The summed E-state index contributed by atoms with van der Waals surface area (Å²) in [7, 11) is 1.69. The summed E-state index contributed by atoms with van der Waals surface area (Å²) < 4.78 is 10.9. The van der Waals surface area contributed by atoms with Gasteiger partial charge in [0.05, 0.1) is 6.61 Å². The van der Waals surface area contributed by atoms with Crippen molar-refractivity contribution < 1.29 is 9.47 Å². The van der Waals surface area contributed by atoms with Gasteiger partial charge in [-0.15, -0.1) is 11.3 Å². The Kier molecular flexibility index (Phi) is 4.96. The number of hydrogen-bond acceptors (Lipinski definition) is 4. The summed E-state index contributed by atoms with van der Waals surface area (Å²) in [6.07, 6.45) is 0. The summed E-state index contributed by atoms with van der Waals surface area (Å²) in [5.41, 5.74) is 7.97. The molecular weight excluding hydrogens is 258 g/mol. The maximum Gasteiger partial charge on any atom is 0.120 e.